The molecule has 0 amide bonds. The van der Waals surface area contributed by atoms with Crippen molar-refractivity contribution in [2.45, 2.75) is 19.8 Å². The number of nitrogens with zero attached hydrogens (tertiary/aromatic N) is 3. The lowest BCUT2D eigenvalue weighted by atomic mass is 9.97. The summed E-state index contributed by atoms with van der Waals surface area (Å²) in [6.45, 7) is 3.77. The van der Waals surface area contributed by atoms with E-state index in [-0.39, 0.29) is 11.9 Å². The third-order valence-electron chi connectivity index (χ3n) is 4.54. The van der Waals surface area contributed by atoms with E-state index < -0.39 is 0 Å². The first kappa shape index (κ1) is 17.3. The Morgan fingerprint density at radius 1 is 1.20 bits per heavy atom. The summed E-state index contributed by atoms with van der Waals surface area (Å²) in [6.07, 6.45) is 3.06. The maximum absolute atomic E-state index is 11.9. The van der Waals surface area contributed by atoms with Gasteiger partial charge in [0.1, 0.15) is 17.7 Å². The second-order valence-electron chi connectivity index (χ2n) is 5.91. The molecule has 0 bridgehead atoms. The van der Waals surface area contributed by atoms with Crippen molar-refractivity contribution in [2.75, 3.05) is 38.8 Å². The molecule has 3 rings (SSSR count). The quantitative estimate of drug-likeness (QED) is 0.771. The summed E-state index contributed by atoms with van der Waals surface area (Å²) in [5, 5.41) is 0.912. The first-order valence-electron chi connectivity index (χ1n) is 8.46. The zero-order chi connectivity index (χ0) is 17.8. The Bertz CT molecular complexity index is 757. The highest BCUT2D eigenvalue weighted by Gasteiger charge is 2.27. The molecular weight excluding hydrogens is 322 g/mol. The van der Waals surface area contributed by atoms with E-state index in [4.69, 9.17) is 14.2 Å². The van der Waals surface area contributed by atoms with Crippen molar-refractivity contribution >= 4 is 22.7 Å². The third-order valence-corrected chi connectivity index (χ3v) is 4.54. The first-order chi connectivity index (χ1) is 12.2. The number of hydrogen-bond acceptors (Lipinski definition) is 7. The molecule has 0 radical (unpaired) electrons. The predicted molar refractivity (Wildman–Crippen MR) is 94.2 cm³/mol. The monoisotopic (exact) mass is 345 g/mol. The van der Waals surface area contributed by atoms with E-state index in [2.05, 4.69) is 14.9 Å². The van der Waals surface area contributed by atoms with Gasteiger partial charge in [0, 0.05) is 18.5 Å². The average Bonchev–Trinajstić information content (AvgIpc) is 2.66. The second kappa shape index (κ2) is 7.55. The number of rotatable bonds is 5. The van der Waals surface area contributed by atoms with Gasteiger partial charge in [0.2, 0.25) is 0 Å². The van der Waals surface area contributed by atoms with Crippen molar-refractivity contribution in [1.82, 2.24) is 9.97 Å². The molecule has 0 atom stereocenters. The Hall–Kier alpha value is -2.57. The summed E-state index contributed by atoms with van der Waals surface area (Å²) >= 11 is 0. The van der Waals surface area contributed by atoms with Gasteiger partial charge in [-0.15, -0.1) is 0 Å². The summed E-state index contributed by atoms with van der Waals surface area (Å²) in [7, 11) is 3.20. The molecule has 0 saturated carbocycles. The van der Waals surface area contributed by atoms with E-state index in [0.717, 1.165) is 42.7 Å². The fraction of sp³-hybridized carbons (Fsp3) is 0.500. The average molecular weight is 345 g/mol. The summed E-state index contributed by atoms with van der Waals surface area (Å²) < 4.78 is 15.9. The van der Waals surface area contributed by atoms with Crippen LogP contribution in [0.5, 0.6) is 11.5 Å². The van der Waals surface area contributed by atoms with Gasteiger partial charge in [-0.1, -0.05) is 0 Å². The minimum Gasteiger partial charge on any atom is -0.493 e. The van der Waals surface area contributed by atoms with E-state index in [0.29, 0.717) is 18.1 Å². The van der Waals surface area contributed by atoms with Gasteiger partial charge in [-0.05, 0) is 31.9 Å². The van der Waals surface area contributed by atoms with Crippen LogP contribution in [-0.2, 0) is 9.53 Å². The molecule has 2 aromatic rings. The maximum Gasteiger partial charge on any atom is 0.309 e. The van der Waals surface area contributed by atoms with Crippen LogP contribution in [0.2, 0.25) is 0 Å². The number of anilines is 1. The molecule has 0 aliphatic carbocycles. The Labute approximate surface area is 146 Å². The number of methoxy groups -OCH3 is 2. The smallest absolute Gasteiger partial charge is 0.309 e. The minimum absolute atomic E-state index is 0.0288. The van der Waals surface area contributed by atoms with Crippen molar-refractivity contribution in [3.05, 3.63) is 18.5 Å². The molecule has 0 spiro atoms. The van der Waals surface area contributed by atoms with Gasteiger partial charge in [-0.3, -0.25) is 4.79 Å². The number of fused-ring (bicyclic) bond motifs is 1. The van der Waals surface area contributed by atoms with Crippen LogP contribution in [-0.4, -0.2) is 49.9 Å². The van der Waals surface area contributed by atoms with Crippen LogP contribution >= 0.6 is 0 Å². The normalized spacial score (nSPS) is 15.2. The van der Waals surface area contributed by atoms with Gasteiger partial charge in [0.05, 0.1) is 26.7 Å². The Kier molecular flexibility index (Phi) is 5.21. The van der Waals surface area contributed by atoms with Crippen molar-refractivity contribution in [2.24, 2.45) is 5.92 Å². The summed E-state index contributed by atoms with van der Waals surface area (Å²) in [5.74, 6) is 1.97. The molecule has 1 aromatic carbocycles. The van der Waals surface area contributed by atoms with Crippen LogP contribution in [0.1, 0.15) is 19.8 Å². The molecule has 1 aliphatic heterocycles. The van der Waals surface area contributed by atoms with E-state index >= 15 is 0 Å². The number of aromatic nitrogens is 2. The largest absolute Gasteiger partial charge is 0.493 e. The molecule has 0 unspecified atom stereocenters. The highest BCUT2D eigenvalue weighted by molar-refractivity contribution is 5.95. The molecule has 7 nitrogen and oxygen atoms in total. The maximum atomic E-state index is 11.9. The Balaban J connectivity index is 1.87. The van der Waals surface area contributed by atoms with Gasteiger partial charge in [-0.25, -0.2) is 9.97 Å². The molecular formula is C18H23N3O4. The van der Waals surface area contributed by atoms with Gasteiger partial charge in [0.25, 0.3) is 0 Å². The van der Waals surface area contributed by atoms with Crippen molar-refractivity contribution in [1.29, 1.82) is 0 Å². The Morgan fingerprint density at radius 2 is 1.96 bits per heavy atom. The van der Waals surface area contributed by atoms with E-state index in [1.807, 2.05) is 19.1 Å². The standard InChI is InChI=1S/C18H23N3O4/c1-4-25-18(22)12-7-9-21(10-8-12)17-13-5-6-14(23-2)16(24-3)15(13)19-11-20-17/h5-6,11-12H,4,7-10H2,1-3H3. The molecule has 2 heterocycles. The number of esters is 1. The van der Waals surface area contributed by atoms with Gasteiger partial charge in [0.15, 0.2) is 11.5 Å². The van der Waals surface area contributed by atoms with Crippen molar-refractivity contribution in [3.8, 4) is 11.5 Å². The van der Waals surface area contributed by atoms with Crippen LogP contribution < -0.4 is 14.4 Å². The predicted octanol–water partition coefficient (Wildman–Crippen LogP) is 2.43. The van der Waals surface area contributed by atoms with Gasteiger partial charge < -0.3 is 19.1 Å². The van der Waals surface area contributed by atoms with Crippen LogP contribution in [0.25, 0.3) is 10.9 Å². The van der Waals surface area contributed by atoms with Gasteiger partial charge >= 0.3 is 5.97 Å². The third kappa shape index (κ3) is 3.31. The van der Waals surface area contributed by atoms with Crippen LogP contribution in [0.4, 0.5) is 5.82 Å². The lowest BCUT2D eigenvalue weighted by Gasteiger charge is -2.32. The van der Waals surface area contributed by atoms with Crippen LogP contribution in [0.15, 0.2) is 18.5 Å². The number of hydrogen-bond donors (Lipinski definition) is 0. The number of ether oxygens (including phenoxy) is 3. The van der Waals surface area contributed by atoms with Gasteiger partial charge in [-0.2, -0.15) is 0 Å². The summed E-state index contributed by atoms with van der Waals surface area (Å²) in [4.78, 5) is 22.9. The molecule has 0 N–H and O–H groups in total. The van der Waals surface area contributed by atoms with Crippen molar-refractivity contribution < 1.29 is 19.0 Å². The number of piperidine rings is 1. The molecule has 1 aromatic heterocycles. The SMILES string of the molecule is CCOC(=O)C1CCN(c2ncnc3c(OC)c(OC)ccc23)CC1. The molecule has 1 saturated heterocycles. The lowest BCUT2D eigenvalue weighted by molar-refractivity contribution is -0.148. The minimum atomic E-state index is -0.0962. The molecule has 134 valence electrons. The van der Waals surface area contributed by atoms with Crippen LogP contribution in [0, 0.1) is 5.92 Å². The Morgan fingerprint density at radius 3 is 2.60 bits per heavy atom. The second-order valence-corrected chi connectivity index (χ2v) is 5.91. The summed E-state index contributed by atoms with van der Waals surface area (Å²) in [5.41, 5.74) is 0.722. The van der Waals surface area contributed by atoms with Crippen LogP contribution in [0.3, 0.4) is 0 Å². The zero-order valence-electron chi connectivity index (χ0n) is 14.8. The van der Waals surface area contributed by atoms with E-state index in [9.17, 15) is 4.79 Å². The lowest BCUT2D eigenvalue weighted by Crippen LogP contribution is -2.37. The number of carbonyl (C=O) groups excluding carboxylic acids is 1. The number of benzene rings is 1. The molecule has 1 fully saturated rings. The van der Waals surface area contributed by atoms with Crippen molar-refractivity contribution in [3.63, 3.8) is 0 Å². The fourth-order valence-corrected chi connectivity index (χ4v) is 3.27. The highest BCUT2D eigenvalue weighted by Crippen LogP contribution is 2.37. The number of carbonyl (C=O) groups is 1. The molecule has 1 aliphatic rings. The first-order valence-corrected chi connectivity index (χ1v) is 8.46. The highest BCUT2D eigenvalue weighted by atomic mass is 16.5. The zero-order valence-corrected chi connectivity index (χ0v) is 14.8. The van der Waals surface area contributed by atoms with E-state index in [1.165, 1.54) is 6.33 Å². The molecule has 25 heavy (non-hydrogen) atoms. The topological polar surface area (TPSA) is 73.8 Å². The fourth-order valence-electron chi connectivity index (χ4n) is 3.27. The molecule has 7 heteroatoms. The summed E-state index contributed by atoms with van der Waals surface area (Å²) in [6, 6.07) is 3.81. The van der Waals surface area contributed by atoms with E-state index in [1.54, 1.807) is 14.2 Å².